The molecule has 0 saturated carbocycles. The molecule has 0 bridgehead atoms. The standard InChI is InChI=1S/C21H23N3O9S/c1-11-9-34(31)18-14(22-16(25)12-5-7-13(8-6-12)24(29)30)17(26)23(18)15(11)19(27)32-10-33-20(28)21(2,3)4/h5-8,14-15,18H,1,9-10H2,2-4H3,(H,22,25)/t14?,15?,18-,34?/m1/s1. The van der Waals surface area contributed by atoms with E-state index in [1.54, 1.807) is 20.8 Å². The first kappa shape index (κ1) is 25.0. The minimum absolute atomic E-state index is 0.0690. The summed E-state index contributed by atoms with van der Waals surface area (Å²) >= 11 is 0. The number of esters is 2. The number of benzene rings is 1. The van der Waals surface area contributed by atoms with Crippen molar-refractivity contribution < 1.29 is 37.8 Å². The van der Waals surface area contributed by atoms with E-state index in [9.17, 15) is 33.5 Å². The average molecular weight is 493 g/mol. The summed E-state index contributed by atoms with van der Waals surface area (Å²) in [4.78, 5) is 60.9. The Labute approximate surface area is 196 Å². The third kappa shape index (κ3) is 4.83. The molecule has 2 fully saturated rings. The quantitative estimate of drug-likeness (QED) is 0.150. The molecule has 1 N–H and O–H groups in total. The molecule has 2 amide bonds. The van der Waals surface area contributed by atoms with Crippen LogP contribution in [0, 0.1) is 15.5 Å². The maximum atomic E-state index is 12.8. The van der Waals surface area contributed by atoms with Crippen LogP contribution in [0.3, 0.4) is 0 Å². The van der Waals surface area contributed by atoms with E-state index in [2.05, 4.69) is 11.9 Å². The monoisotopic (exact) mass is 493 g/mol. The molecule has 1 aromatic carbocycles. The van der Waals surface area contributed by atoms with Gasteiger partial charge in [-0.3, -0.25) is 28.7 Å². The summed E-state index contributed by atoms with van der Waals surface area (Å²) in [5.41, 5.74) is -0.746. The fraction of sp³-hybridized carbons (Fsp3) is 0.429. The van der Waals surface area contributed by atoms with E-state index in [0.29, 0.717) is 0 Å². The first-order valence-electron chi connectivity index (χ1n) is 10.1. The van der Waals surface area contributed by atoms with Crippen LogP contribution in [0.4, 0.5) is 5.69 Å². The highest BCUT2D eigenvalue weighted by atomic mass is 32.2. The minimum Gasteiger partial charge on any atom is -0.427 e. The van der Waals surface area contributed by atoms with Crippen molar-refractivity contribution in [3.05, 3.63) is 52.1 Å². The van der Waals surface area contributed by atoms with Crippen LogP contribution in [-0.4, -0.2) is 67.8 Å². The first-order valence-corrected chi connectivity index (χ1v) is 11.5. The summed E-state index contributed by atoms with van der Waals surface area (Å²) in [7, 11) is -1.65. The number of carbonyl (C=O) groups is 4. The van der Waals surface area contributed by atoms with Gasteiger partial charge in [0.25, 0.3) is 11.6 Å². The second-order valence-corrected chi connectivity index (χ2v) is 10.3. The lowest BCUT2D eigenvalue weighted by Gasteiger charge is -2.52. The molecule has 0 aliphatic carbocycles. The highest BCUT2D eigenvalue weighted by Crippen LogP contribution is 2.35. The van der Waals surface area contributed by atoms with Gasteiger partial charge in [-0.25, -0.2) is 4.79 Å². The molecule has 2 aliphatic rings. The molecule has 2 saturated heterocycles. The number of fused-ring (bicyclic) bond motifs is 1. The number of carbonyl (C=O) groups excluding carboxylic acids is 4. The zero-order valence-corrected chi connectivity index (χ0v) is 19.5. The van der Waals surface area contributed by atoms with E-state index in [4.69, 9.17) is 9.47 Å². The van der Waals surface area contributed by atoms with Crippen molar-refractivity contribution >= 4 is 40.2 Å². The van der Waals surface area contributed by atoms with Gasteiger partial charge in [0.2, 0.25) is 12.7 Å². The largest absolute Gasteiger partial charge is 0.427 e. The molecule has 34 heavy (non-hydrogen) atoms. The van der Waals surface area contributed by atoms with Crippen LogP contribution in [0.15, 0.2) is 36.4 Å². The van der Waals surface area contributed by atoms with E-state index < -0.39 is 69.1 Å². The second-order valence-electron chi connectivity index (χ2n) is 8.74. The zero-order valence-electron chi connectivity index (χ0n) is 18.6. The molecular weight excluding hydrogens is 470 g/mol. The Kier molecular flexibility index (Phi) is 6.87. The number of amides is 2. The number of ether oxygens (including phenoxy) is 2. The number of non-ortho nitro benzene ring substituents is 1. The summed E-state index contributed by atoms with van der Waals surface area (Å²) in [5.74, 6) is -2.94. The van der Waals surface area contributed by atoms with Crippen molar-refractivity contribution in [2.75, 3.05) is 12.5 Å². The molecule has 2 aliphatic heterocycles. The molecule has 1 aromatic rings. The number of hydrogen-bond donors (Lipinski definition) is 1. The molecule has 3 rings (SSSR count). The lowest BCUT2D eigenvalue weighted by molar-refractivity contribution is -0.384. The number of rotatable bonds is 6. The predicted octanol–water partition coefficient (Wildman–Crippen LogP) is 0.639. The maximum Gasteiger partial charge on any atom is 0.336 e. The van der Waals surface area contributed by atoms with Gasteiger partial charge in [0.1, 0.15) is 11.4 Å². The molecule has 3 unspecified atom stereocenters. The number of nitrogens with one attached hydrogen (secondary N) is 1. The van der Waals surface area contributed by atoms with E-state index in [0.717, 1.165) is 17.0 Å². The van der Waals surface area contributed by atoms with Crippen LogP contribution in [0.1, 0.15) is 31.1 Å². The fourth-order valence-corrected chi connectivity index (χ4v) is 5.05. The van der Waals surface area contributed by atoms with Crippen LogP contribution in [0.25, 0.3) is 0 Å². The molecule has 0 radical (unpaired) electrons. The molecule has 2 heterocycles. The summed E-state index contributed by atoms with van der Waals surface area (Å²) < 4.78 is 22.5. The third-order valence-electron chi connectivity index (χ3n) is 5.20. The van der Waals surface area contributed by atoms with Crippen molar-refractivity contribution in [2.45, 2.75) is 38.2 Å². The van der Waals surface area contributed by atoms with Gasteiger partial charge in [-0.15, -0.1) is 0 Å². The van der Waals surface area contributed by atoms with Crippen molar-refractivity contribution in [1.29, 1.82) is 0 Å². The molecule has 0 spiro atoms. The van der Waals surface area contributed by atoms with Crippen LogP contribution in [0.2, 0.25) is 0 Å². The average Bonchev–Trinajstić information content (AvgIpc) is 2.76. The zero-order chi connectivity index (χ0) is 25.4. The summed E-state index contributed by atoms with van der Waals surface area (Å²) in [5, 5.41) is 12.2. The van der Waals surface area contributed by atoms with Crippen LogP contribution >= 0.6 is 0 Å². The normalized spacial score (nSPS) is 23.9. The van der Waals surface area contributed by atoms with Gasteiger partial charge in [-0.2, -0.15) is 0 Å². The highest BCUT2D eigenvalue weighted by Gasteiger charge is 2.59. The smallest absolute Gasteiger partial charge is 0.336 e. The van der Waals surface area contributed by atoms with Gasteiger partial charge in [-0.05, 0) is 38.5 Å². The number of hydrogen-bond acceptors (Lipinski definition) is 9. The van der Waals surface area contributed by atoms with Gasteiger partial charge in [0.15, 0.2) is 6.04 Å². The summed E-state index contributed by atoms with van der Waals surface area (Å²) in [6, 6.07) is 2.35. The van der Waals surface area contributed by atoms with Crippen molar-refractivity contribution in [3.63, 3.8) is 0 Å². The van der Waals surface area contributed by atoms with Crippen molar-refractivity contribution in [1.82, 2.24) is 10.2 Å². The Morgan fingerprint density at radius 1 is 1.24 bits per heavy atom. The topological polar surface area (TPSA) is 162 Å². The predicted molar refractivity (Wildman–Crippen MR) is 117 cm³/mol. The Morgan fingerprint density at radius 3 is 2.41 bits per heavy atom. The Bertz CT molecular complexity index is 1090. The van der Waals surface area contributed by atoms with Crippen molar-refractivity contribution in [3.8, 4) is 0 Å². The number of β-lactam (4-membered cyclic amide) rings is 1. The molecular formula is C21H23N3O9S. The molecule has 12 nitrogen and oxygen atoms in total. The Morgan fingerprint density at radius 2 is 1.85 bits per heavy atom. The molecule has 13 heteroatoms. The van der Waals surface area contributed by atoms with Crippen molar-refractivity contribution in [2.24, 2.45) is 5.41 Å². The van der Waals surface area contributed by atoms with E-state index >= 15 is 0 Å². The fourth-order valence-electron chi connectivity index (χ4n) is 3.39. The molecule has 0 aromatic heterocycles. The number of nitro groups is 1. The van der Waals surface area contributed by atoms with E-state index in [1.165, 1.54) is 12.1 Å². The summed E-state index contributed by atoms with van der Waals surface area (Å²) in [6.45, 7) is 7.95. The Hall–Kier alpha value is -3.61. The number of nitrogens with zero attached hydrogens (tertiary/aromatic N) is 2. The molecule has 182 valence electrons. The number of nitro benzene ring substituents is 1. The highest BCUT2D eigenvalue weighted by molar-refractivity contribution is 7.86. The van der Waals surface area contributed by atoms with Gasteiger partial charge in [0.05, 0.1) is 21.1 Å². The Balaban J connectivity index is 1.67. The SMILES string of the molecule is C=C1CS(=O)[C@@H]2C(NC(=O)c3ccc([N+](=O)[O-])cc3)C(=O)N2C1C(=O)OCOC(=O)C(C)(C)C. The van der Waals surface area contributed by atoms with E-state index in [-0.39, 0.29) is 22.6 Å². The summed E-state index contributed by atoms with van der Waals surface area (Å²) in [6.07, 6.45) is 0. The van der Waals surface area contributed by atoms with Gasteiger partial charge >= 0.3 is 11.9 Å². The van der Waals surface area contributed by atoms with Crippen LogP contribution in [0.5, 0.6) is 0 Å². The second kappa shape index (κ2) is 9.33. The lowest BCUT2D eigenvalue weighted by Crippen LogP contribution is -2.77. The van der Waals surface area contributed by atoms with E-state index in [1.807, 2.05) is 0 Å². The van der Waals surface area contributed by atoms with Crippen LogP contribution < -0.4 is 5.32 Å². The van der Waals surface area contributed by atoms with Gasteiger partial charge in [0, 0.05) is 23.4 Å². The first-order chi connectivity index (χ1) is 15.8. The third-order valence-corrected chi connectivity index (χ3v) is 6.89. The van der Waals surface area contributed by atoms with Gasteiger partial charge < -0.3 is 19.7 Å². The van der Waals surface area contributed by atoms with Crippen LogP contribution in [-0.2, 0) is 34.7 Å². The van der Waals surface area contributed by atoms with Gasteiger partial charge in [-0.1, -0.05) is 6.58 Å². The maximum absolute atomic E-state index is 12.8. The molecule has 4 atom stereocenters. The lowest BCUT2D eigenvalue weighted by atomic mass is 9.97. The minimum atomic E-state index is -1.65.